The first-order chi connectivity index (χ1) is 13.8. The third-order valence-electron chi connectivity index (χ3n) is 6.32. The van der Waals surface area contributed by atoms with Crippen LogP contribution in [0.1, 0.15) is 36.8 Å². The number of hydrogen-bond donors (Lipinski definition) is 1. The van der Waals surface area contributed by atoms with Gasteiger partial charge < -0.3 is 5.32 Å². The van der Waals surface area contributed by atoms with Gasteiger partial charge in [-0.1, -0.05) is 42.3 Å². The number of rotatable bonds is 6. The van der Waals surface area contributed by atoms with Gasteiger partial charge >= 0.3 is 0 Å². The lowest BCUT2D eigenvalue weighted by atomic mass is 9.95. The van der Waals surface area contributed by atoms with Crippen molar-refractivity contribution in [1.82, 2.24) is 5.32 Å². The van der Waals surface area contributed by atoms with E-state index in [4.69, 9.17) is 0 Å². The molecule has 0 spiro atoms. The van der Waals surface area contributed by atoms with Crippen LogP contribution in [-0.2, 0) is 14.8 Å². The van der Waals surface area contributed by atoms with Crippen molar-refractivity contribution in [2.45, 2.75) is 50.5 Å². The molecule has 2 aromatic carbocycles. The van der Waals surface area contributed by atoms with Gasteiger partial charge in [-0.05, 0) is 68.7 Å². The molecule has 0 aliphatic heterocycles. The first kappa shape index (κ1) is 20.0. The minimum absolute atomic E-state index is 0.182. The van der Waals surface area contributed by atoms with Crippen molar-refractivity contribution in [3.05, 3.63) is 59.7 Å². The standard InChI is InChI=1S/C23H28N2O3S/c1-16-8-11-22(17(2)12-16)25(29(27,28)20-6-4-3-5-7-20)15-23(26)24-21-14-18-9-10-19(21)13-18/h3-8,11-12,18-19,21H,9-10,13-15H2,1-2H3,(H,24,26)/t18-,19+,21+/m1/s1. The second-order valence-corrected chi connectivity index (χ2v) is 10.3. The molecule has 0 heterocycles. The number of benzene rings is 2. The van der Waals surface area contributed by atoms with E-state index in [0.29, 0.717) is 17.5 Å². The number of hydrogen-bond acceptors (Lipinski definition) is 3. The van der Waals surface area contributed by atoms with Crippen LogP contribution in [0.4, 0.5) is 5.69 Å². The highest BCUT2D eigenvalue weighted by molar-refractivity contribution is 7.92. The summed E-state index contributed by atoms with van der Waals surface area (Å²) < 4.78 is 28.1. The molecule has 2 aliphatic rings. The number of fused-ring (bicyclic) bond motifs is 2. The van der Waals surface area contributed by atoms with E-state index in [9.17, 15) is 13.2 Å². The number of carbonyl (C=O) groups is 1. The van der Waals surface area contributed by atoms with E-state index in [-0.39, 0.29) is 23.4 Å². The number of aryl methyl sites for hydroxylation is 2. The number of nitrogens with one attached hydrogen (secondary N) is 1. The molecule has 2 saturated carbocycles. The third kappa shape index (κ3) is 4.04. The fourth-order valence-corrected chi connectivity index (χ4v) is 6.42. The van der Waals surface area contributed by atoms with Crippen LogP contribution in [0.5, 0.6) is 0 Å². The summed E-state index contributed by atoms with van der Waals surface area (Å²) in [5.74, 6) is 1.03. The second kappa shape index (κ2) is 7.82. The van der Waals surface area contributed by atoms with Crippen molar-refractivity contribution < 1.29 is 13.2 Å². The lowest BCUT2D eigenvalue weighted by Crippen LogP contribution is -2.46. The quantitative estimate of drug-likeness (QED) is 0.785. The molecule has 2 bridgehead atoms. The molecule has 0 unspecified atom stereocenters. The molecular formula is C23H28N2O3S. The van der Waals surface area contributed by atoms with Gasteiger partial charge in [-0.25, -0.2) is 8.42 Å². The molecule has 6 heteroatoms. The summed E-state index contributed by atoms with van der Waals surface area (Å²) in [7, 11) is -3.86. The number of anilines is 1. The molecular weight excluding hydrogens is 384 g/mol. The Morgan fingerprint density at radius 2 is 1.83 bits per heavy atom. The highest BCUT2D eigenvalue weighted by Gasteiger charge is 2.40. The van der Waals surface area contributed by atoms with E-state index in [1.54, 1.807) is 36.4 Å². The van der Waals surface area contributed by atoms with Crippen molar-refractivity contribution >= 4 is 21.6 Å². The Morgan fingerprint density at radius 1 is 1.07 bits per heavy atom. The lowest BCUT2D eigenvalue weighted by molar-refractivity contribution is -0.120. The minimum atomic E-state index is -3.86. The van der Waals surface area contributed by atoms with Crippen LogP contribution in [0.25, 0.3) is 0 Å². The van der Waals surface area contributed by atoms with Crippen LogP contribution in [0, 0.1) is 25.7 Å². The smallest absolute Gasteiger partial charge is 0.264 e. The normalized spacial score (nSPS) is 23.2. The predicted molar refractivity (Wildman–Crippen MR) is 114 cm³/mol. The molecule has 2 aliphatic carbocycles. The molecule has 3 atom stereocenters. The fraction of sp³-hybridized carbons (Fsp3) is 0.435. The Morgan fingerprint density at radius 3 is 2.45 bits per heavy atom. The average Bonchev–Trinajstić information content (AvgIpc) is 3.30. The van der Waals surface area contributed by atoms with Gasteiger partial charge in [0.1, 0.15) is 6.54 Å². The Labute approximate surface area is 173 Å². The molecule has 154 valence electrons. The molecule has 2 fully saturated rings. The maximum Gasteiger partial charge on any atom is 0.264 e. The van der Waals surface area contributed by atoms with Crippen molar-refractivity contribution in [2.75, 3.05) is 10.8 Å². The highest BCUT2D eigenvalue weighted by atomic mass is 32.2. The van der Waals surface area contributed by atoms with E-state index in [1.807, 2.05) is 26.0 Å². The van der Waals surface area contributed by atoms with Gasteiger partial charge in [0.25, 0.3) is 10.0 Å². The number of amides is 1. The van der Waals surface area contributed by atoms with Gasteiger partial charge in [-0.3, -0.25) is 9.10 Å². The fourth-order valence-electron chi connectivity index (χ4n) is 4.91. The van der Waals surface area contributed by atoms with Gasteiger partial charge in [0.05, 0.1) is 10.6 Å². The molecule has 4 rings (SSSR count). The maximum absolute atomic E-state index is 13.4. The Kier molecular flexibility index (Phi) is 5.38. The van der Waals surface area contributed by atoms with E-state index in [2.05, 4.69) is 5.32 Å². The van der Waals surface area contributed by atoms with Crippen molar-refractivity contribution in [3.63, 3.8) is 0 Å². The summed E-state index contributed by atoms with van der Waals surface area (Å²) in [4.78, 5) is 13.1. The topological polar surface area (TPSA) is 66.5 Å². The summed E-state index contributed by atoms with van der Waals surface area (Å²) in [5, 5.41) is 3.12. The molecule has 1 N–H and O–H groups in total. The van der Waals surface area contributed by atoms with Gasteiger partial charge in [0.15, 0.2) is 0 Å². The molecule has 29 heavy (non-hydrogen) atoms. The predicted octanol–water partition coefficient (Wildman–Crippen LogP) is 3.80. The number of sulfonamides is 1. The summed E-state index contributed by atoms with van der Waals surface area (Å²) in [6, 6.07) is 14.1. The largest absolute Gasteiger partial charge is 0.352 e. The van der Waals surface area contributed by atoms with E-state index in [1.165, 1.54) is 23.6 Å². The Bertz CT molecular complexity index is 1000. The summed E-state index contributed by atoms with van der Waals surface area (Å²) >= 11 is 0. The second-order valence-electron chi connectivity index (χ2n) is 8.46. The van der Waals surface area contributed by atoms with Crippen LogP contribution in [0.15, 0.2) is 53.4 Å². The first-order valence-corrected chi connectivity index (χ1v) is 11.7. The molecule has 0 radical (unpaired) electrons. The monoisotopic (exact) mass is 412 g/mol. The van der Waals surface area contributed by atoms with Gasteiger partial charge in [0.2, 0.25) is 5.91 Å². The molecule has 1 amide bonds. The van der Waals surface area contributed by atoms with E-state index in [0.717, 1.165) is 17.5 Å². The molecule has 5 nitrogen and oxygen atoms in total. The molecule has 0 saturated heterocycles. The molecule has 2 aromatic rings. The van der Waals surface area contributed by atoms with Crippen molar-refractivity contribution in [1.29, 1.82) is 0 Å². The summed E-state index contributed by atoms with van der Waals surface area (Å²) in [6.45, 7) is 3.63. The number of carbonyl (C=O) groups excluding carboxylic acids is 1. The van der Waals surface area contributed by atoms with Gasteiger partial charge in [-0.2, -0.15) is 0 Å². The minimum Gasteiger partial charge on any atom is -0.352 e. The van der Waals surface area contributed by atoms with E-state index >= 15 is 0 Å². The lowest BCUT2D eigenvalue weighted by Gasteiger charge is -2.28. The third-order valence-corrected chi connectivity index (χ3v) is 8.10. The summed E-state index contributed by atoms with van der Waals surface area (Å²) in [5.41, 5.74) is 2.43. The van der Waals surface area contributed by atoms with Crippen LogP contribution >= 0.6 is 0 Å². The SMILES string of the molecule is Cc1ccc(N(CC(=O)N[C@H]2C[C@@H]3CC[C@H]2C3)S(=O)(=O)c2ccccc2)c(C)c1. The van der Waals surface area contributed by atoms with Crippen LogP contribution in [0.2, 0.25) is 0 Å². The Hall–Kier alpha value is -2.34. The van der Waals surface area contributed by atoms with Crippen LogP contribution < -0.4 is 9.62 Å². The Balaban J connectivity index is 1.62. The van der Waals surface area contributed by atoms with Crippen LogP contribution in [0.3, 0.4) is 0 Å². The van der Waals surface area contributed by atoms with Gasteiger partial charge in [-0.15, -0.1) is 0 Å². The number of nitrogens with zero attached hydrogens (tertiary/aromatic N) is 1. The van der Waals surface area contributed by atoms with Crippen molar-refractivity contribution in [3.8, 4) is 0 Å². The highest BCUT2D eigenvalue weighted by Crippen LogP contribution is 2.44. The van der Waals surface area contributed by atoms with Crippen LogP contribution in [-0.4, -0.2) is 26.9 Å². The zero-order valence-electron chi connectivity index (χ0n) is 17.0. The zero-order chi connectivity index (χ0) is 20.6. The van der Waals surface area contributed by atoms with E-state index < -0.39 is 10.0 Å². The first-order valence-electron chi connectivity index (χ1n) is 10.3. The maximum atomic E-state index is 13.4. The van der Waals surface area contributed by atoms with Crippen molar-refractivity contribution in [2.24, 2.45) is 11.8 Å². The zero-order valence-corrected chi connectivity index (χ0v) is 17.8. The summed E-state index contributed by atoms with van der Waals surface area (Å²) in [6.07, 6.45) is 4.63. The molecule has 0 aromatic heterocycles. The van der Waals surface area contributed by atoms with Gasteiger partial charge in [0, 0.05) is 6.04 Å². The average molecular weight is 413 g/mol.